The van der Waals surface area contributed by atoms with Crippen molar-refractivity contribution in [3.63, 3.8) is 0 Å². The highest BCUT2D eigenvalue weighted by Crippen LogP contribution is 2.11. The number of nitrogens with one attached hydrogen (secondary N) is 2. The molecule has 1 fully saturated rings. The van der Waals surface area contributed by atoms with E-state index in [1.165, 1.54) is 12.0 Å². The number of benzene rings is 1. The number of ether oxygens (including phenoxy) is 1. The number of hydrogen-bond acceptors (Lipinski definition) is 3. The molecule has 0 bridgehead atoms. The van der Waals surface area contributed by atoms with Crippen molar-refractivity contribution >= 4 is 23.5 Å². The Morgan fingerprint density at radius 2 is 2.09 bits per heavy atom. The number of likely N-dealkylation sites (tertiary alicyclic amines) is 1. The average Bonchev–Trinajstić information content (AvgIpc) is 2.55. The maximum atomic E-state index is 12.0. The Kier molecular flexibility index (Phi) is 6.86. The second kappa shape index (κ2) is 8.89. The first-order valence-electron chi connectivity index (χ1n) is 8.01. The highest BCUT2D eigenvalue weighted by atomic mass is 35.5. The molecule has 0 saturated carbocycles. The summed E-state index contributed by atoms with van der Waals surface area (Å²) in [5, 5.41) is 3.66. The minimum Gasteiger partial charge on any atom is -0.469 e. The molecule has 1 amide bonds. The summed E-state index contributed by atoms with van der Waals surface area (Å²) >= 11 is 5.94. The summed E-state index contributed by atoms with van der Waals surface area (Å²) < 4.78 is 4.77. The van der Waals surface area contributed by atoms with Crippen LogP contribution in [0.5, 0.6) is 0 Å². The lowest BCUT2D eigenvalue weighted by Crippen LogP contribution is -3.14. The topological polar surface area (TPSA) is 59.8 Å². The molecule has 0 aliphatic carbocycles. The number of quaternary nitrogens is 1. The summed E-state index contributed by atoms with van der Waals surface area (Å²) in [5.41, 5.74) is 1.11. The summed E-state index contributed by atoms with van der Waals surface area (Å²) in [6.45, 7) is 2.74. The second-order valence-electron chi connectivity index (χ2n) is 5.95. The van der Waals surface area contributed by atoms with Gasteiger partial charge in [0.15, 0.2) is 6.54 Å². The number of methoxy groups -OCH3 is 1. The van der Waals surface area contributed by atoms with Gasteiger partial charge in [-0.3, -0.25) is 9.59 Å². The van der Waals surface area contributed by atoms with E-state index in [0.717, 1.165) is 37.9 Å². The normalized spacial score (nSPS) is 20.8. The molecule has 0 aromatic heterocycles. The van der Waals surface area contributed by atoms with Gasteiger partial charge in [0.05, 0.1) is 26.1 Å². The molecule has 1 aliphatic rings. The first-order valence-corrected chi connectivity index (χ1v) is 8.39. The van der Waals surface area contributed by atoms with Crippen molar-refractivity contribution < 1.29 is 19.2 Å². The van der Waals surface area contributed by atoms with Crippen LogP contribution < -0.4 is 10.2 Å². The number of carbonyl (C=O) groups excluding carboxylic acids is 2. The smallest absolute Gasteiger partial charge is 0.309 e. The number of hydrogen-bond donors (Lipinski definition) is 2. The lowest BCUT2D eigenvalue weighted by atomic mass is 9.97. The van der Waals surface area contributed by atoms with Crippen LogP contribution in [0.15, 0.2) is 24.3 Å². The van der Waals surface area contributed by atoms with Crippen molar-refractivity contribution in [1.82, 2.24) is 5.32 Å². The zero-order valence-corrected chi connectivity index (χ0v) is 14.2. The van der Waals surface area contributed by atoms with E-state index in [9.17, 15) is 9.59 Å². The molecular weight excluding hydrogens is 316 g/mol. The lowest BCUT2D eigenvalue weighted by Gasteiger charge is -2.27. The number of rotatable bonds is 6. The van der Waals surface area contributed by atoms with Gasteiger partial charge in [-0.05, 0) is 24.1 Å². The Hall–Kier alpha value is -1.59. The van der Waals surface area contributed by atoms with Crippen molar-refractivity contribution in [3.8, 4) is 0 Å². The Morgan fingerprint density at radius 3 is 2.74 bits per heavy atom. The van der Waals surface area contributed by atoms with Gasteiger partial charge >= 0.3 is 5.97 Å². The van der Waals surface area contributed by atoms with Gasteiger partial charge in [0.2, 0.25) is 0 Å². The molecule has 1 aliphatic heterocycles. The standard InChI is InChI=1S/C17H23ClN2O3/c1-23-17(22)14-6-9-20(10-7-14)12-16(21)19-8-5-13-3-2-4-15(18)11-13/h2-4,11,14H,5-10,12H2,1H3,(H,19,21)/p+1. The van der Waals surface area contributed by atoms with E-state index in [1.807, 2.05) is 24.3 Å². The second-order valence-corrected chi connectivity index (χ2v) is 6.39. The highest BCUT2D eigenvalue weighted by molar-refractivity contribution is 6.30. The van der Waals surface area contributed by atoms with Crippen LogP contribution in [0, 0.1) is 5.92 Å². The quantitative estimate of drug-likeness (QED) is 0.741. The van der Waals surface area contributed by atoms with E-state index < -0.39 is 0 Å². The molecule has 0 spiro atoms. The molecule has 6 heteroatoms. The van der Waals surface area contributed by atoms with Crippen LogP contribution in [0.2, 0.25) is 5.02 Å². The molecule has 2 rings (SSSR count). The fourth-order valence-electron chi connectivity index (χ4n) is 2.93. The largest absolute Gasteiger partial charge is 0.469 e. The van der Waals surface area contributed by atoms with Crippen LogP contribution in [-0.2, 0) is 20.7 Å². The van der Waals surface area contributed by atoms with Gasteiger partial charge in [0.1, 0.15) is 0 Å². The van der Waals surface area contributed by atoms with Crippen molar-refractivity contribution in [1.29, 1.82) is 0 Å². The van der Waals surface area contributed by atoms with Gasteiger partial charge in [-0.25, -0.2) is 0 Å². The molecule has 2 N–H and O–H groups in total. The zero-order valence-electron chi connectivity index (χ0n) is 13.4. The van der Waals surface area contributed by atoms with Crippen molar-refractivity contribution in [3.05, 3.63) is 34.9 Å². The summed E-state index contributed by atoms with van der Waals surface area (Å²) in [6.07, 6.45) is 2.35. The molecule has 0 atom stereocenters. The number of carbonyl (C=O) groups is 2. The fraction of sp³-hybridized carbons (Fsp3) is 0.529. The van der Waals surface area contributed by atoms with Gasteiger partial charge in [-0.1, -0.05) is 23.7 Å². The predicted octanol–water partition coefficient (Wildman–Crippen LogP) is 0.467. The van der Waals surface area contributed by atoms with Gasteiger partial charge in [0, 0.05) is 24.4 Å². The Bertz CT molecular complexity index is 542. The van der Waals surface area contributed by atoms with E-state index >= 15 is 0 Å². The van der Waals surface area contributed by atoms with E-state index in [0.29, 0.717) is 18.1 Å². The van der Waals surface area contributed by atoms with E-state index in [2.05, 4.69) is 5.32 Å². The summed E-state index contributed by atoms with van der Waals surface area (Å²) in [6, 6.07) is 7.66. The Balaban J connectivity index is 1.65. The van der Waals surface area contributed by atoms with Crippen LogP contribution in [0.4, 0.5) is 0 Å². The van der Waals surface area contributed by atoms with Crippen molar-refractivity contribution in [2.45, 2.75) is 19.3 Å². The summed E-state index contributed by atoms with van der Waals surface area (Å²) in [7, 11) is 1.43. The third-order valence-corrected chi connectivity index (χ3v) is 4.50. The molecule has 23 heavy (non-hydrogen) atoms. The van der Waals surface area contributed by atoms with Gasteiger partial charge in [0.25, 0.3) is 5.91 Å². The lowest BCUT2D eigenvalue weighted by molar-refractivity contribution is -0.897. The number of halogens is 1. The molecule has 0 unspecified atom stereocenters. The predicted molar refractivity (Wildman–Crippen MR) is 88.5 cm³/mol. The fourth-order valence-corrected chi connectivity index (χ4v) is 3.15. The molecular formula is C17H24ClN2O3+. The molecule has 0 radical (unpaired) electrons. The van der Waals surface area contributed by atoms with Crippen LogP contribution in [0.3, 0.4) is 0 Å². The zero-order chi connectivity index (χ0) is 16.7. The molecule has 1 aromatic carbocycles. The Morgan fingerprint density at radius 1 is 1.35 bits per heavy atom. The van der Waals surface area contributed by atoms with Crippen LogP contribution >= 0.6 is 11.6 Å². The number of piperidine rings is 1. The van der Waals surface area contributed by atoms with Crippen LogP contribution in [-0.4, -0.2) is 45.2 Å². The molecule has 1 heterocycles. The van der Waals surface area contributed by atoms with Crippen LogP contribution in [0.1, 0.15) is 18.4 Å². The first-order chi connectivity index (χ1) is 11.1. The van der Waals surface area contributed by atoms with Gasteiger partial charge in [-0.15, -0.1) is 0 Å². The van der Waals surface area contributed by atoms with E-state index in [1.54, 1.807) is 0 Å². The van der Waals surface area contributed by atoms with Gasteiger partial charge in [-0.2, -0.15) is 0 Å². The van der Waals surface area contributed by atoms with Crippen LogP contribution in [0.25, 0.3) is 0 Å². The monoisotopic (exact) mass is 339 g/mol. The first kappa shape index (κ1) is 17.8. The van der Waals surface area contributed by atoms with Crippen molar-refractivity contribution in [2.75, 3.05) is 33.3 Å². The third kappa shape index (κ3) is 5.84. The number of amides is 1. The average molecular weight is 340 g/mol. The Labute approximate surface area is 141 Å². The molecule has 5 nitrogen and oxygen atoms in total. The van der Waals surface area contributed by atoms with Gasteiger partial charge < -0.3 is 15.0 Å². The maximum Gasteiger partial charge on any atom is 0.309 e. The highest BCUT2D eigenvalue weighted by Gasteiger charge is 2.28. The SMILES string of the molecule is COC(=O)C1CC[NH+](CC(=O)NCCc2cccc(Cl)c2)CC1. The maximum absolute atomic E-state index is 12.0. The molecule has 126 valence electrons. The molecule has 1 saturated heterocycles. The summed E-state index contributed by atoms with van der Waals surface area (Å²) in [4.78, 5) is 24.7. The minimum atomic E-state index is -0.130. The van der Waals surface area contributed by atoms with E-state index in [4.69, 9.17) is 16.3 Å². The molecule has 1 aromatic rings. The summed E-state index contributed by atoms with van der Waals surface area (Å²) in [5.74, 6) is -0.0804. The third-order valence-electron chi connectivity index (χ3n) is 4.26. The number of esters is 1. The van der Waals surface area contributed by atoms with Crippen molar-refractivity contribution in [2.24, 2.45) is 5.92 Å². The van der Waals surface area contributed by atoms with E-state index in [-0.39, 0.29) is 17.8 Å². The minimum absolute atomic E-state index is 0.00496.